The van der Waals surface area contributed by atoms with Gasteiger partial charge in [0.1, 0.15) is 5.82 Å². The maximum absolute atomic E-state index is 13.4. The quantitative estimate of drug-likeness (QED) is 0.797. The van der Waals surface area contributed by atoms with Gasteiger partial charge < -0.3 is 15.7 Å². The number of amides is 2. The Hall–Kier alpha value is -2.11. The third kappa shape index (κ3) is 4.44. The van der Waals surface area contributed by atoms with Crippen molar-refractivity contribution in [3.63, 3.8) is 0 Å². The van der Waals surface area contributed by atoms with Gasteiger partial charge in [-0.3, -0.25) is 4.79 Å². The fraction of sp³-hybridized carbons (Fsp3) is 0.467. The lowest BCUT2D eigenvalue weighted by molar-refractivity contribution is -0.142. The zero-order valence-corrected chi connectivity index (χ0v) is 11.6. The Bertz CT molecular complexity index is 513. The molecule has 1 aromatic carbocycles. The Morgan fingerprint density at radius 2 is 1.86 bits per heavy atom. The summed E-state index contributed by atoms with van der Waals surface area (Å²) in [5.41, 5.74) is 0.433. The standard InChI is InChI=1S/C15H19FN2O3/c16-13-4-2-1-3-11(13)9-17-15(21)18-12-7-5-10(6-8-12)14(19)20/h1-4,10,12H,5-9H2,(H,19,20)(H2,17,18,21). The molecule has 3 N–H and O–H groups in total. The minimum Gasteiger partial charge on any atom is -0.481 e. The minimum absolute atomic E-state index is 0.0128. The summed E-state index contributed by atoms with van der Waals surface area (Å²) in [6.07, 6.45) is 2.47. The highest BCUT2D eigenvalue weighted by atomic mass is 19.1. The Balaban J connectivity index is 1.73. The number of carbonyl (C=O) groups is 2. The van der Waals surface area contributed by atoms with Crippen molar-refractivity contribution in [1.29, 1.82) is 0 Å². The molecule has 6 heteroatoms. The van der Waals surface area contributed by atoms with Gasteiger partial charge in [-0.25, -0.2) is 9.18 Å². The number of halogens is 1. The van der Waals surface area contributed by atoms with Crippen LogP contribution in [-0.2, 0) is 11.3 Å². The lowest BCUT2D eigenvalue weighted by atomic mass is 9.86. The summed E-state index contributed by atoms with van der Waals surface area (Å²) < 4.78 is 13.4. The summed E-state index contributed by atoms with van der Waals surface area (Å²) in [5, 5.41) is 14.3. The molecule has 1 aliphatic carbocycles. The maximum atomic E-state index is 13.4. The van der Waals surface area contributed by atoms with Crippen molar-refractivity contribution in [2.75, 3.05) is 0 Å². The van der Waals surface area contributed by atoms with E-state index in [1.807, 2.05) is 0 Å². The number of carboxylic acids is 1. The average Bonchev–Trinajstić information content (AvgIpc) is 2.47. The van der Waals surface area contributed by atoms with Crippen LogP contribution in [0.2, 0.25) is 0 Å². The minimum atomic E-state index is -0.766. The second-order valence-corrected chi connectivity index (χ2v) is 5.31. The third-order valence-corrected chi connectivity index (χ3v) is 3.81. The molecule has 1 aromatic rings. The first-order valence-electron chi connectivity index (χ1n) is 7.07. The first-order valence-corrected chi connectivity index (χ1v) is 7.07. The number of urea groups is 1. The van der Waals surface area contributed by atoms with E-state index in [-0.39, 0.29) is 30.4 Å². The highest BCUT2D eigenvalue weighted by molar-refractivity contribution is 5.74. The molecule has 0 spiro atoms. The lowest BCUT2D eigenvalue weighted by Gasteiger charge is -2.26. The average molecular weight is 294 g/mol. The molecule has 114 valence electrons. The van der Waals surface area contributed by atoms with E-state index in [1.165, 1.54) is 6.07 Å². The normalized spacial score (nSPS) is 21.6. The van der Waals surface area contributed by atoms with Crippen LogP contribution < -0.4 is 10.6 Å². The van der Waals surface area contributed by atoms with E-state index in [1.54, 1.807) is 18.2 Å². The van der Waals surface area contributed by atoms with Crippen LogP contribution >= 0.6 is 0 Å². The van der Waals surface area contributed by atoms with Crippen molar-refractivity contribution in [3.8, 4) is 0 Å². The Morgan fingerprint density at radius 3 is 2.48 bits per heavy atom. The van der Waals surface area contributed by atoms with Crippen molar-refractivity contribution in [3.05, 3.63) is 35.6 Å². The SMILES string of the molecule is O=C(NCc1ccccc1F)NC1CCC(C(=O)O)CC1. The van der Waals surface area contributed by atoms with Crippen molar-refractivity contribution < 1.29 is 19.1 Å². The fourth-order valence-corrected chi connectivity index (χ4v) is 2.54. The van der Waals surface area contributed by atoms with Gasteiger partial charge in [0.2, 0.25) is 0 Å². The highest BCUT2D eigenvalue weighted by Gasteiger charge is 2.26. The number of benzene rings is 1. The number of hydrogen-bond acceptors (Lipinski definition) is 2. The van der Waals surface area contributed by atoms with E-state index in [4.69, 9.17) is 5.11 Å². The Kier molecular flexibility index (Phi) is 5.14. The molecule has 1 fully saturated rings. The third-order valence-electron chi connectivity index (χ3n) is 3.81. The maximum Gasteiger partial charge on any atom is 0.315 e. The van der Waals surface area contributed by atoms with Crippen LogP contribution in [0.15, 0.2) is 24.3 Å². The van der Waals surface area contributed by atoms with Crippen LogP contribution in [0.5, 0.6) is 0 Å². The number of rotatable bonds is 4. The van der Waals surface area contributed by atoms with Crippen LogP contribution in [0, 0.1) is 11.7 Å². The van der Waals surface area contributed by atoms with Gasteiger partial charge in [-0.15, -0.1) is 0 Å². The highest BCUT2D eigenvalue weighted by Crippen LogP contribution is 2.24. The Morgan fingerprint density at radius 1 is 1.19 bits per heavy atom. The van der Waals surface area contributed by atoms with Crippen molar-refractivity contribution in [2.45, 2.75) is 38.3 Å². The van der Waals surface area contributed by atoms with E-state index >= 15 is 0 Å². The van der Waals surface area contributed by atoms with Gasteiger partial charge in [-0.1, -0.05) is 18.2 Å². The van der Waals surface area contributed by atoms with E-state index in [0.717, 1.165) is 0 Å². The smallest absolute Gasteiger partial charge is 0.315 e. The largest absolute Gasteiger partial charge is 0.481 e. The molecule has 1 aliphatic rings. The summed E-state index contributed by atoms with van der Waals surface area (Å²) in [7, 11) is 0. The van der Waals surface area contributed by atoms with E-state index < -0.39 is 5.97 Å². The van der Waals surface area contributed by atoms with Crippen molar-refractivity contribution in [2.24, 2.45) is 5.92 Å². The number of nitrogens with one attached hydrogen (secondary N) is 2. The number of aliphatic carboxylic acids is 1. The molecule has 0 bridgehead atoms. The van der Waals surface area contributed by atoms with Gasteiger partial charge in [-0.2, -0.15) is 0 Å². The van der Waals surface area contributed by atoms with Crippen LogP contribution in [-0.4, -0.2) is 23.1 Å². The van der Waals surface area contributed by atoms with Crippen LogP contribution in [0.25, 0.3) is 0 Å². The predicted octanol–water partition coefficient (Wildman–Crippen LogP) is 2.27. The van der Waals surface area contributed by atoms with E-state index in [0.29, 0.717) is 31.2 Å². The zero-order valence-electron chi connectivity index (χ0n) is 11.6. The molecule has 0 unspecified atom stereocenters. The van der Waals surface area contributed by atoms with Crippen LogP contribution in [0.4, 0.5) is 9.18 Å². The molecule has 2 rings (SSSR count). The molecule has 1 saturated carbocycles. The Labute approximate surface area is 122 Å². The summed E-state index contributed by atoms with van der Waals surface area (Å²) in [5.74, 6) is -1.42. The molecule has 2 amide bonds. The topological polar surface area (TPSA) is 78.4 Å². The predicted molar refractivity (Wildman–Crippen MR) is 75.2 cm³/mol. The van der Waals surface area contributed by atoms with E-state index in [2.05, 4.69) is 10.6 Å². The van der Waals surface area contributed by atoms with Gasteiger partial charge in [0, 0.05) is 18.2 Å². The monoisotopic (exact) mass is 294 g/mol. The van der Waals surface area contributed by atoms with Crippen molar-refractivity contribution >= 4 is 12.0 Å². The molecule has 0 heterocycles. The first-order chi connectivity index (χ1) is 10.1. The zero-order chi connectivity index (χ0) is 15.2. The molecule has 21 heavy (non-hydrogen) atoms. The molecule has 0 radical (unpaired) electrons. The number of hydrogen-bond donors (Lipinski definition) is 3. The van der Waals surface area contributed by atoms with Crippen LogP contribution in [0.1, 0.15) is 31.2 Å². The van der Waals surface area contributed by atoms with Gasteiger partial charge in [0.15, 0.2) is 0 Å². The van der Waals surface area contributed by atoms with Gasteiger partial charge in [0.25, 0.3) is 0 Å². The molecular formula is C15H19FN2O3. The second kappa shape index (κ2) is 7.06. The number of carboxylic acid groups (broad SMARTS) is 1. The van der Waals surface area contributed by atoms with Gasteiger partial charge in [-0.05, 0) is 31.7 Å². The van der Waals surface area contributed by atoms with Crippen LogP contribution in [0.3, 0.4) is 0 Å². The summed E-state index contributed by atoms with van der Waals surface area (Å²) in [6, 6.07) is 5.92. The summed E-state index contributed by atoms with van der Waals surface area (Å²) in [6.45, 7) is 0.128. The molecule has 0 atom stereocenters. The molecule has 0 saturated heterocycles. The summed E-state index contributed by atoms with van der Waals surface area (Å²) >= 11 is 0. The molecular weight excluding hydrogens is 275 g/mol. The molecule has 5 nitrogen and oxygen atoms in total. The first kappa shape index (κ1) is 15.3. The molecule has 0 aliphatic heterocycles. The van der Waals surface area contributed by atoms with E-state index in [9.17, 15) is 14.0 Å². The number of carbonyl (C=O) groups excluding carboxylic acids is 1. The van der Waals surface area contributed by atoms with Crippen molar-refractivity contribution in [1.82, 2.24) is 10.6 Å². The lowest BCUT2D eigenvalue weighted by Crippen LogP contribution is -2.44. The fourth-order valence-electron chi connectivity index (χ4n) is 2.54. The van der Waals surface area contributed by atoms with Gasteiger partial charge >= 0.3 is 12.0 Å². The second-order valence-electron chi connectivity index (χ2n) is 5.31. The molecule has 0 aromatic heterocycles. The summed E-state index contributed by atoms with van der Waals surface area (Å²) in [4.78, 5) is 22.6. The van der Waals surface area contributed by atoms with Gasteiger partial charge in [0.05, 0.1) is 5.92 Å².